The molecule has 0 spiro atoms. The first-order valence-electron chi connectivity index (χ1n) is 6.57. The average Bonchev–Trinajstić information content (AvgIpc) is 2.59. The third-order valence-electron chi connectivity index (χ3n) is 4.44. The lowest BCUT2D eigenvalue weighted by Gasteiger charge is -2.39. The van der Waals surface area contributed by atoms with E-state index in [9.17, 15) is 0 Å². The molecule has 0 amide bonds. The van der Waals surface area contributed by atoms with E-state index in [0.29, 0.717) is 0 Å². The van der Waals surface area contributed by atoms with Crippen molar-refractivity contribution in [2.45, 2.75) is 46.2 Å². The molecule has 88 valence electrons. The Balaban J connectivity index is 2.01. The first kappa shape index (κ1) is 11.4. The van der Waals surface area contributed by atoms with E-state index in [4.69, 9.17) is 0 Å². The van der Waals surface area contributed by atoms with E-state index in [2.05, 4.69) is 37.9 Å². The Morgan fingerprint density at radius 3 is 2.53 bits per heavy atom. The van der Waals surface area contributed by atoms with Gasteiger partial charge in [-0.2, -0.15) is 0 Å². The van der Waals surface area contributed by atoms with E-state index in [1.54, 1.807) is 0 Å². The zero-order valence-electron chi connectivity index (χ0n) is 10.7. The predicted octanol–water partition coefficient (Wildman–Crippen LogP) is 1.96. The predicted molar refractivity (Wildman–Crippen MR) is 64.9 cm³/mol. The van der Waals surface area contributed by atoms with E-state index < -0.39 is 0 Å². The summed E-state index contributed by atoms with van der Waals surface area (Å²) < 4.78 is 0. The fourth-order valence-electron chi connectivity index (χ4n) is 3.33. The van der Waals surface area contributed by atoms with Crippen molar-refractivity contribution < 1.29 is 0 Å². The zero-order valence-corrected chi connectivity index (χ0v) is 10.7. The standard InChI is InChI=1S/C13H26N2/c1-9(2)11-7-14-13-5-6-15(10(3)4)8-12(11)13/h9-14H,5-8H2,1-4H3. The summed E-state index contributed by atoms with van der Waals surface area (Å²) in [5, 5.41) is 3.72. The van der Waals surface area contributed by atoms with Gasteiger partial charge < -0.3 is 10.2 Å². The fraction of sp³-hybridized carbons (Fsp3) is 1.00. The molecule has 0 bridgehead atoms. The number of likely N-dealkylation sites (tertiary alicyclic amines) is 1. The highest BCUT2D eigenvalue weighted by Crippen LogP contribution is 2.34. The normalized spacial score (nSPS) is 37.6. The third-order valence-corrected chi connectivity index (χ3v) is 4.44. The molecule has 0 aromatic rings. The Kier molecular flexibility index (Phi) is 3.36. The molecule has 0 aromatic heterocycles. The number of nitrogens with zero attached hydrogens (tertiary/aromatic N) is 1. The van der Waals surface area contributed by atoms with Gasteiger partial charge in [-0.05, 0) is 51.1 Å². The molecule has 2 nitrogen and oxygen atoms in total. The molecule has 3 atom stereocenters. The summed E-state index contributed by atoms with van der Waals surface area (Å²) in [6.45, 7) is 13.3. The second-order valence-corrected chi connectivity index (χ2v) is 5.96. The van der Waals surface area contributed by atoms with Crippen molar-refractivity contribution >= 4 is 0 Å². The van der Waals surface area contributed by atoms with Gasteiger partial charge in [-0.15, -0.1) is 0 Å². The fourth-order valence-corrected chi connectivity index (χ4v) is 3.33. The SMILES string of the molecule is CC(C)C1CNC2CCN(C(C)C)CC21. The average molecular weight is 210 g/mol. The molecule has 2 fully saturated rings. The van der Waals surface area contributed by atoms with E-state index in [1.807, 2.05) is 0 Å². The minimum absolute atomic E-state index is 0.722. The van der Waals surface area contributed by atoms with Crippen molar-refractivity contribution in [2.75, 3.05) is 19.6 Å². The molecule has 2 rings (SSSR count). The van der Waals surface area contributed by atoms with E-state index in [-0.39, 0.29) is 0 Å². The van der Waals surface area contributed by atoms with Crippen LogP contribution in [0.15, 0.2) is 0 Å². The highest BCUT2D eigenvalue weighted by Gasteiger charge is 2.40. The van der Waals surface area contributed by atoms with Crippen LogP contribution in [0.25, 0.3) is 0 Å². The number of fused-ring (bicyclic) bond motifs is 1. The van der Waals surface area contributed by atoms with E-state index >= 15 is 0 Å². The quantitative estimate of drug-likeness (QED) is 0.749. The number of nitrogens with one attached hydrogen (secondary N) is 1. The Bertz CT molecular complexity index is 213. The number of hydrogen-bond donors (Lipinski definition) is 1. The second kappa shape index (κ2) is 4.42. The molecule has 0 radical (unpaired) electrons. The zero-order chi connectivity index (χ0) is 11.0. The molecule has 2 aliphatic heterocycles. The minimum Gasteiger partial charge on any atom is -0.313 e. The van der Waals surface area contributed by atoms with Crippen molar-refractivity contribution in [1.82, 2.24) is 10.2 Å². The van der Waals surface area contributed by atoms with Gasteiger partial charge >= 0.3 is 0 Å². The molecule has 15 heavy (non-hydrogen) atoms. The summed E-state index contributed by atoms with van der Waals surface area (Å²) >= 11 is 0. The first-order chi connectivity index (χ1) is 7.09. The van der Waals surface area contributed by atoms with Crippen LogP contribution in [0.3, 0.4) is 0 Å². The highest BCUT2D eigenvalue weighted by molar-refractivity contribution is 4.96. The van der Waals surface area contributed by atoms with Crippen molar-refractivity contribution in [3.8, 4) is 0 Å². The Hall–Kier alpha value is -0.0800. The number of hydrogen-bond acceptors (Lipinski definition) is 2. The van der Waals surface area contributed by atoms with Crippen LogP contribution in [0, 0.1) is 17.8 Å². The summed E-state index contributed by atoms with van der Waals surface area (Å²) in [6, 6.07) is 1.53. The molecule has 1 N–H and O–H groups in total. The summed E-state index contributed by atoms with van der Waals surface area (Å²) in [7, 11) is 0. The summed E-state index contributed by atoms with van der Waals surface area (Å²) in [4.78, 5) is 2.66. The highest BCUT2D eigenvalue weighted by atomic mass is 15.2. The molecule has 2 aliphatic rings. The Labute approximate surface area is 94.4 Å². The third kappa shape index (κ3) is 2.21. The molecular formula is C13H26N2. The van der Waals surface area contributed by atoms with Crippen LogP contribution in [0.1, 0.15) is 34.1 Å². The largest absolute Gasteiger partial charge is 0.313 e. The van der Waals surface area contributed by atoms with Crippen LogP contribution >= 0.6 is 0 Å². The molecule has 2 heterocycles. The van der Waals surface area contributed by atoms with Gasteiger partial charge in [0.1, 0.15) is 0 Å². The van der Waals surface area contributed by atoms with E-state index in [1.165, 1.54) is 26.1 Å². The van der Waals surface area contributed by atoms with Crippen LogP contribution in [0.4, 0.5) is 0 Å². The molecule has 2 saturated heterocycles. The Morgan fingerprint density at radius 1 is 1.20 bits per heavy atom. The van der Waals surface area contributed by atoms with Gasteiger partial charge in [-0.1, -0.05) is 13.8 Å². The first-order valence-corrected chi connectivity index (χ1v) is 6.57. The second-order valence-electron chi connectivity index (χ2n) is 5.96. The molecule has 3 unspecified atom stereocenters. The molecule has 0 saturated carbocycles. The topological polar surface area (TPSA) is 15.3 Å². The summed E-state index contributed by atoms with van der Waals surface area (Å²) in [5.41, 5.74) is 0. The number of piperidine rings is 1. The van der Waals surface area contributed by atoms with Gasteiger partial charge in [0.25, 0.3) is 0 Å². The summed E-state index contributed by atoms with van der Waals surface area (Å²) in [5.74, 6) is 2.64. The minimum atomic E-state index is 0.722. The smallest absolute Gasteiger partial charge is 0.0123 e. The van der Waals surface area contributed by atoms with Crippen LogP contribution in [0.5, 0.6) is 0 Å². The van der Waals surface area contributed by atoms with Crippen LogP contribution < -0.4 is 5.32 Å². The van der Waals surface area contributed by atoms with Gasteiger partial charge in [0.05, 0.1) is 0 Å². The maximum Gasteiger partial charge on any atom is 0.0123 e. The van der Waals surface area contributed by atoms with Gasteiger partial charge in [0.15, 0.2) is 0 Å². The van der Waals surface area contributed by atoms with E-state index in [0.717, 1.165) is 29.8 Å². The van der Waals surface area contributed by atoms with Crippen LogP contribution in [-0.2, 0) is 0 Å². The van der Waals surface area contributed by atoms with Gasteiger partial charge in [0, 0.05) is 18.6 Å². The molecule has 0 aliphatic carbocycles. The van der Waals surface area contributed by atoms with Crippen molar-refractivity contribution in [3.05, 3.63) is 0 Å². The summed E-state index contributed by atoms with van der Waals surface area (Å²) in [6.07, 6.45) is 1.35. The van der Waals surface area contributed by atoms with Gasteiger partial charge in [-0.3, -0.25) is 0 Å². The molecule has 0 aromatic carbocycles. The molecule has 2 heteroatoms. The lowest BCUT2D eigenvalue weighted by atomic mass is 9.80. The maximum atomic E-state index is 3.72. The van der Waals surface area contributed by atoms with Crippen LogP contribution in [-0.4, -0.2) is 36.6 Å². The molecular weight excluding hydrogens is 184 g/mol. The van der Waals surface area contributed by atoms with Crippen molar-refractivity contribution in [1.29, 1.82) is 0 Å². The maximum absolute atomic E-state index is 3.72. The Morgan fingerprint density at radius 2 is 1.93 bits per heavy atom. The lowest BCUT2D eigenvalue weighted by molar-refractivity contribution is 0.102. The monoisotopic (exact) mass is 210 g/mol. The van der Waals surface area contributed by atoms with Crippen molar-refractivity contribution in [2.24, 2.45) is 17.8 Å². The van der Waals surface area contributed by atoms with Crippen molar-refractivity contribution in [3.63, 3.8) is 0 Å². The lowest BCUT2D eigenvalue weighted by Crippen LogP contribution is -2.48. The van der Waals surface area contributed by atoms with Crippen LogP contribution in [0.2, 0.25) is 0 Å². The number of rotatable bonds is 2. The van der Waals surface area contributed by atoms with Gasteiger partial charge in [0.2, 0.25) is 0 Å². The van der Waals surface area contributed by atoms with Gasteiger partial charge in [-0.25, -0.2) is 0 Å².